The second kappa shape index (κ2) is 10.4. The smallest absolute Gasteiger partial charge is 0.265 e. The van der Waals surface area contributed by atoms with Crippen molar-refractivity contribution in [1.29, 1.82) is 0 Å². The number of thioether (sulfide) groups is 8. The van der Waals surface area contributed by atoms with Crippen LogP contribution in [0.15, 0.2) is 46.0 Å². The Balaban J connectivity index is 1.65. The molecule has 190 valence electrons. The Morgan fingerprint density at radius 2 is 1.03 bits per heavy atom. The van der Waals surface area contributed by atoms with Crippen LogP contribution in [0, 0.1) is 0 Å². The Morgan fingerprint density at radius 1 is 0.649 bits per heavy atom. The third-order valence-electron chi connectivity index (χ3n) is 6.89. The van der Waals surface area contributed by atoms with Gasteiger partial charge in [-0.2, -0.15) is 0 Å². The van der Waals surface area contributed by atoms with Crippen LogP contribution in [0.25, 0.3) is 28.6 Å². The summed E-state index contributed by atoms with van der Waals surface area (Å²) in [4.78, 5) is 12.5. The van der Waals surface area contributed by atoms with Gasteiger partial charge >= 0.3 is 0 Å². The van der Waals surface area contributed by atoms with Crippen molar-refractivity contribution in [3.05, 3.63) is 71.6 Å². The van der Waals surface area contributed by atoms with Gasteiger partial charge in [-0.1, -0.05) is 81.9 Å². The molecule has 0 amide bonds. The van der Waals surface area contributed by atoms with Gasteiger partial charge in [0.25, 0.3) is 4.06 Å². The predicted octanol–water partition coefficient (Wildman–Crippen LogP) is 9.41. The first kappa shape index (κ1) is 26.5. The monoisotopic (exact) mass is 668 g/mol. The molecular weight excluding hydrogens is 649 g/mol. The third kappa shape index (κ3) is 4.24. The fraction of sp³-hybridized carbons (Fsp3) is 0.269. The van der Waals surface area contributed by atoms with Crippen molar-refractivity contribution in [2.75, 3.05) is 25.0 Å². The van der Waals surface area contributed by atoms with Gasteiger partial charge in [0, 0.05) is 31.7 Å². The highest BCUT2D eigenvalue weighted by molar-refractivity contribution is 8.46. The van der Waals surface area contributed by atoms with E-state index in [0.29, 0.717) is 11.8 Å². The quantitative estimate of drug-likeness (QED) is 0.251. The highest BCUT2D eigenvalue weighted by Crippen LogP contribution is 2.59. The maximum absolute atomic E-state index is 12.5. The first-order valence-corrected chi connectivity index (χ1v) is 21.2. The Hall–Kier alpha value is 0.570. The molecule has 3 aromatic rings. The van der Waals surface area contributed by atoms with Crippen LogP contribution in [0.1, 0.15) is 29.4 Å². The van der Waals surface area contributed by atoms with Crippen LogP contribution in [0.4, 0.5) is 0 Å². The highest BCUT2D eigenvalue weighted by atomic mass is 32.3. The van der Waals surface area contributed by atoms with E-state index in [9.17, 15) is 4.79 Å². The number of hydrogen-bond donors (Lipinski definition) is 0. The highest BCUT2D eigenvalue weighted by Gasteiger charge is 2.38. The van der Waals surface area contributed by atoms with E-state index >= 15 is 0 Å². The lowest BCUT2D eigenvalue weighted by atomic mass is 9.89. The molecule has 0 saturated heterocycles. The van der Waals surface area contributed by atoms with E-state index in [4.69, 9.17) is 0 Å². The van der Waals surface area contributed by atoms with Crippen molar-refractivity contribution in [3.63, 3.8) is 0 Å². The van der Waals surface area contributed by atoms with E-state index in [2.05, 4.69) is 49.3 Å². The molecule has 2 aliphatic carbocycles. The molecule has 2 unspecified atom stereocenters. The number of benzene rings is 2. The van der Waals surface area contributed by atoms with Gasteiger partial charge in [0.2, 0.25) is 0 Å². The lowest BCUT2D eigenvalue weighted by Crippen LogP contribution is -2.25. The molecule has 7 rings (SSSR count). The lowest BCUT2D eigenvalue weighted by molar-refractivity contribution is 0.802. The summed E-state index contributed by atoms with van der Waals surface area (Å²) in [5, 5.41) is 5.51. The van der Waals surface area contributed by atoms with E-state index in [1.54, 1.807) is 11.1 Å². The Kier molecular flexibility index (Phi) is 7.47. The van der Waals surface area contributed by atoms with Crippen molar-refractivity contribution >= 4 is 145 Å². The van der Waals surface area contributed by atoms with Crippen LogP contribution in [-0.2, 0) is 0 Å². The minimum atomic E-state index is 0.184. The summed E-state index contributed by atoms with van der Waals surface area (Å²) >= 11 is 18.0. The second-order valence-electron chi connectivity index (χ2n) is 8.66. The summed E-state index contributed by atoms with van der Waals surface area (Å²) in [5.74, 6) is 0.953. The van der Waals surface area contributed by atoms with Crippen molar-refractivity contribution in [2.45, 2.75) is 18.3 Å². The fourth-order valence-corrected chi connectivity index (χ4v) is 17.7. The van der Waals surface area contributed by atoms with Crippen LogP contribution in [0.2, 0.25) is 0 Å². The molecule has 11 heteroatoms. The van der Waals surface area contributed by atoms with E-state index in [-0.39, 0.29) is 4.06 Å². The molecular formula is C26H20OS10. The summed E-state index contributed by atoms with van der Waals surface area (Å²) in [6.45, 7) is 0. The standard InChI is InChI=1S/C26H20OS10/c1-28-22-23(29-2)35-20(34-22)18-12-8-14-15(33-26(27)32-14)9-13(12)19(17-11-6-5-10(7-11)16(17)18)21-36-24(30-3)25(31-4)37-21/h5-6,8-11H,7H2,1-4H3. The zero-order valence-corrected chi connectivity index (χ0v) is 28.3. The average molecular weight is 669 g/mol. The summed E-state index contributed by atoms with van der Waals surface area (Å²) in [7, 11) is 0. The van der Waals surface area contributed by atoms with Gasteiger partial charge < -0.3 is 0 Å². The SMILES string of the molecule is CSC1=C(SC)SC(=c2c3c(c(=C4SC(SC)=C(SC)S4)c4cc5sc(=O)sc5cc24)C2C=CC3C2)S1. The van der Waals surface area contributed by atoms with Crippen LogP contribution in [-0.4, -0.2) is 25.0 Å². The molecule has 0 spiro atoms. The molecule has 3 heterocycles. The van der Waals surface area contributed by atoms with Crippen molar-refractivity contribution < 1.29 is 0 Å². The zero-order valence-electron chi connectivity index (χ0n) is 20.2. The topological polar surface area (TPSA) is 17.1 Å². The van der Waals surface area contributed by atoms with Gasteiger partial charge in [-0.15, -0.1) is 47.0 Å². The lowest BCUT2D eigenvalue weighted by Gasteiger charge is -2.18. The zero-order chi connectivity index (χ0) is 25.4. The first-order valence-electron chi connectivity index (χ1n) is 11.4. The van der Waals surface area contributed by atoms with Crippen LogP contribution in [0.3, 0.4) is 0 Å². The second-order valence-corrected chi connectivity index (χ2v) is 19.8. The van der Waals surface area contributed by atoms with E-state index in [1.807, 2.05) is 94.1 Å². The third-order valence-corrected chi connectivity index (χ3v) is 19.4. The van der Waals surface area contributed by atoms with E-state index in [0.717, 1.165) is 9.40 Å². The molecule has 4 aliphatic rings. The van der Waals surface area contributed by atoms with E-state index < -0.39 is 0 Å². The molecule has 0 saturated carbocycles. The van der Waals surface area contributed by atoms with Crippen molar-refractivity contribution in [3.8, 4) is 0 Å². The molecule has 2 aromatic carbocycles. The van der Waals surface area contributed by atoms with Crippen LogP contribution >= 0.6 is 117 Å². The maximum Gasteiger partial charge on any atom is 0.288 e. The molecule has 2 aliphatic heterocycles. The Bertz CT molecular complexity index is 1630. The largest absolute Gasteiger partial charge is 0.288 e. The van der Waals surface area contributed by atoms with Gasteiger partial charge in [-0.05, 0) is 65.5 Å². The minimum absolute atomic E-state index is 0.184. The summed E-state index contributed by atoms with van der Waals surface area (Å²) in [6, 6.07) is 4.69. The Labute approximate surface area is 257 Å². The first-order chi connectivity index (χ1) is 18.0. The minimum Gasteiger partial charge on any atom is -0.265 e. The van der Waals surface area contributed by atoms with Gasteiger partial charge in [0.1, 0.15) is 0 Å². The Morgan fingerprint density at radius 3 is 1.38 bits per heavy atom. The van der Waals surface area contributed by atoms with Crippen LogP contribution in [0.5, 0.6) is 0 Å². The van der Waals surface area contributed by atoms with Crippen molar-refractivity contribution in [2.24, 2.45) is 0 Å². The maximum atomic E-state index is 12.5. The molecule has 1 aromatic heterocycles. The molecule has 37 heavy (non-hydrogen) atoms. The summed E-state index contributed by atoms with van der Waals surface area (Å²) < 4.78 is 10.9. The van der Waals surface area contributed by atoms with Crippen molar-refractivity contribution in [1.82, 2.24) is 0 Å². The molecule has 0 N–H and O–H groups in total. The van der Waals surface area contributed by atoms with Gasteiger partial charge in [0.05, 0.1) is 25.4 Å². The predicted molar refractivity (Wildman–Crippen MR) is 187 cm³/mol. The molecule has 2 bridgehead atoms. The molecule has 1 nitrogen and oxygen atoms in total. The molecule has 2 atom stereocenters. The van der Waals surface area contributed by atoms with Crippen LogP contribution < -0.4 is 14.5 Å². The molecule has 0 radical (unpaired) electrons. The van der Waals surface area contributed by atoms with Gasteiger partial charge in [-0.3, -0.25) is 4.79 Å². The van der Waals surface area contributed by atoms with Gasteiger partial charge in [-0.25, -0.2) is 0 Å². The summed E-state index contributed by atoms with van der Waals surface area (Å²) in [5.41, 5.74) is 3.10. The average Bonchev–Trinajstić information content (AvgIpc) is 3.72. The normalized spacial score (nSPS) is 22.7. The number of allylic oxidation sites excluding steroid dienone is 2. The number of hydrogen-bond acceptors (Lipinski definition) is 11. The molecule has 0 fully saturated rings. The number of fused-ring (bicyclic) bond motifs is 7. The van der Waals surface area contributed by atoms with Gasteiger partial charge in [0.15, 0.2) is 0 Å². The summed E-state index contributed by atoms with van der Waals surface area (Å²) in [6.07, 6.45) is 14.9. The number of rotatable bonds is 4. The fourth-order valence-electron chi connectivity index (χ4n) is 5.48. The van der Waals surface area contributed by atoms with E-state index in [1.165, 1.54) is 75.7 Å².